The average Bonchev–Trinajstić information content (AvgIpc) is 2.60. The first-order chi connectivity index (χ1) is 11.1. The van der Waals surface area contributed by atoms with E-state index in [0.29, 0.717) is 16.7 Å². The highest BCUT2D eigenvalue weighted by Crippen LogP contribution is 2.31. The number of nitrogens with zero attached hydrogens (tertiary/aromatic N) is 4. The fourth-order valence-electron chi connectivity index (χ4n) is 2.31. The first-order valence-corrected chi connectivity index (χ1v) is 6.82. The molecule has 0 saturated carbocycles. The summed E-state index contributed by atoms with van der Waals surface area (Å²) in [4.78, 5) is 21.0. The maximum atomic E-state index is 11.0. The summed E-state index contributed by atoms with van der Waals surface area (Å²) in [5.74, 6) is 6.19. The van der Waals surface area contributed by atoms with Gasteiger partial charge in [-0.1, -0.05) is 18.2 Å². The number of hydrogen-bond acceptors (Lipinski definition) is 7. The van der Waals surface area contributed by atoms with Gasteiger partial charge in [-0.15, -0.1) is 0 Å². The topological polar surface area (TPSA) is 110 Å². The fraction of sp³-hybridized carbons (Fsp3) is 0.0667. The Morgan fingerprint density at radius 1 is 1.17 bits per heavy atom. The number of benzene rings is 2. The maximum absolute atomic E-state index is 11.0. The number of rotatable bonds is 4. The summed E-state index contributed by atoms with van der Waals surface area (Å²) in [6.45, 7) is 0. The molecular weight excluding hydrogens is 296 g/mol. The monoisotopic (exact) mass is 310 g/mol. The first kappa shape index (κ1) is 14.7. The van der Waals surface area contributed by atoms with Crippen molar-refractivity contribution in [3.8, 4) is 0 Å². The zero-order valence-electron chi connectivity index (χ0n) is 12.3. The van der Waals surface area contributed by atoms with E-state index < -0.39 is 4.92 Å². The lowest BCUT2D eigenvalue weighted by atomic mass is 10.2. The van der Waals surface area contributed by atoms with E-state index in [1.165, 1.54) is 12.1 Å². The number of nitro benzene ring substituents is 1. The van der Waals surface area contributed by atoms with Gasteiger partial charge in [0.05, 0.1) is 15.8 Å². The number of nitrogen functional groups attached to an aromatic ring is 1. The smallest absolute Gasteiger partial charge is 0.270 e. The number of anilines is 3. The lowest BCUT2D eigenvalue weighted by molar-refractivity contribution is -0.384. The number of nitrogens with two attached hydrogens (primary N) is 1. The molecule has 0 bridgehead atoms. The largest absolute Gasteiger partial charge is 0.329 e. The van der Waals surface area contributed by atoms with Gasteiger partial charge in [0, 0.05) is 24.9 Å². The number of hydrazine groups is 1. The van der Waals surface area contributed by atoms with Crippen LogP contribution in [0.3, 0.4) is 0 Å². The van der Waals surface area contributed by atoms with Crippen LogP contribution in [0, 0.1) is 10.1 Å². The van der Waals surface area contributed by atoms with Crippen molar-refractivity contribution >= 4 is 34.0 Å². The number of fused-ring (bicyclic) bond motifs is 1. The van der Waals surface area contributed by atoms with Crippen LogP contribution in [0.2, 0.25) is 0 Å². The second-order valence-electron chi connectivity index (χ2n) is 4.87. The van der Waals surface area contributed by atoms with Crippen molar-refractivity contribution in [3.63, 3.8) is 0 Å². The Morgan fingerprint density at radius 3 is 2.57 bits per heavy atom. The van der Waals surface area contributed by atoms with Gasteiger partial charge in [0.1, 0.15) is 5.82 Å². The number of non-ortho nitro benzene ring substituents is 1. The lowest BCUT2D eigenvalue weighted by Gasteiger charge is -2.20. The molecule has 0 aliphatic heterocycles. The molecule has 0 amide bonds. The SMILES string of the molecule is CN(c1ccccc1)c1nc(NN)nc2ccc([N+](=O)[O-])cc12. The minimum atomic E-state index is -0.444. The third-order valence-corrected chi connectivity index (χ3v) is 3.46. The van der Waals surface area contributed by atoms with Crippen molar-refractivity contribution in [3.05, 3.63) is 58.6 Å². The van der Waals surface area contributed by atoms with Crippen molar-refractivity contribution in [2.75, 3.05) is 17.4 Å². The molecule has 0 atom stereocenters. The first-order valence-electron chi connectivity index (χ1n) is 6.82. The molecule has 1 aromatic heterocycles. The van der Waals surface area contributed by atoms with Crippen molar-refractivity contribution in [2.45, 2.75) is 0 Å². The van der Waals surface area contributed by atoms with E-state index in [2.05, 4.69) is 15.4 Å². The average molecular weight is 310 g/mol. The lowest BCUT2D eigenvalue weighted by Crippen LogP contribution is -2.16. The Kier molecular flexibility index (Phi) is 3.73. The van der Waals surface area contributed by atoms with Gasteiger partial charge in [0.15, 0.2) is 0 Å². The van der Waals surface area contributed by atoms with Gasteiger partial charge in [-0.3, -0.25) is 15.5 Å². The molecule has 0 fully saturated rings. The molecular formula is C15H14N6O2. The quantitative estimate of drug-likeness (QED) is 0.433. The molecule has 0 saturated heterocycles. The summed E-state index contributed by atoms with van der Waals surface area (Å²) in [6, 6.07) is 14.0. The second-order valence-corrected chi connectivity index (χ2v) is 4.87. The highest BCUT2D eigenvalue weighted by Gasteiger charge is 2.16. The third-order valence-electron chi connectivity index (χ3n) is 3.46. The summed E-state index contributed by atoms with van der Waals surface area (Å²) in [7, 11) is 1.83. The van der Waals surface area contributed by atoms with Gasteiger partial charge in [-0.05, 0) is 18.2 Å². The van der Waals surface area contributed by atoms with Gasteiger partial charge in [-0.25, -0.2) is 10.8 Å². The Hall–Kier alpha value is -3.26. The zero-order valence-corrected chi connectivity index (χ0v) is 12.3. The number of nitro groups is 1. The van der Waals surface area contributed by atoms with Crippen LogP contribution in [0.1, 0.15) is 0 Å². The van der Waals surface area contributed by atoms with E-state index in [-0.39, 0.29) is 11.6 Å². The van der Waals surface area contributed by atoms with E-state index in [1.54, 1.807) is 6.07 Å². The number of hydrogen-bond donors (Lipinski definition) is 2. The van der Waals surface area contributed by atoms with Gasteiger partial charge in [0.25, 0.3) is 5.69 Å². The van der Waals surface area contributed by atoms with Gasteiger partial charge in [-0.2, -0.15) is 4.98 Å². The van der Waals surface area contributed by atoms with Crippen molar-refractivity contribution in [2.24, 2.45) is 5.84 Å². The summed E-state index contributed by atoms with van der Waals surface area (Å²) >= 11 is 0. The Balaban J connectivity index is 2.23. The van der Waals surface area contributed by atoms with E-state index in [9.17, 15) is 10.1 Å². The number of para-hydroxylation sites is 1. The molecule has 3 aromatic rings. The maximum Gasteiger partial charge on any atom is 0.270 e. The van der Waals surface area contributed by atoms with Crippen molar-refractivity contribution in [1.29, 1.82) is 0 Å². The van der Waals surface area contributed by atoms with Gasteiger partial charge >= 0.3 is 0 Å². The minimum absolute atomic E-state index is 0.0164. The standard InChI is InChI=1S/C15H14N6O2/c1-20(10-5-3-2-4-6-10)14-12-9-11(21(22)23)7-8-13(12)17-15(18-14)19-16/h2-9H,16H2,1H3,(H,17,18,19). The predicted molar refractivity (Wildman–Crippen MR) is 88.5 cm³/mol. The molecule has 3 N–H and O–H groups in total. The highest BCUT2D eigenvalue weighted by molar-refractivity contribution is 5.93. The molecule has 0 spiro atoms. The highest BCUT2D eigenvalue weighted by atomic mass is 16.6. The Labute approximate surface area is 131 Å². The Morgan fingerprint density at radius 2 is 1.91 bits per heavy atom. The molecule has 3 rings (SSSR count). The van der Waals surface area contributed by atoms with Crippen molar-refractivity contribution in [1.82, 2.24) is 9.97 Å². The molecule has 0 unspecified atom stereocenters. The molecule has 23 heavy (non-hydrogen) atoms. The second kappa shape index (κ2) is 5.85. The van der Waals surface area contributed by atoms with Crippen LogP contribution in [0.5, 0.6) is 0 Å². The molecule has 2 aromatic carbocycles. The van der Waals surface area contributed by atoms with Gasteiger partial charge in [0.2, 0.25) is 5.95 Å². The van der Waals surface area contributed by atoms with Crippen molar-refractivity contribution < 1.29 is 4.92 Å². The molecule has 116 valence electrons. The summed E-state index contributed by atoms with van der Waals surface area (Å²) in [6.07, 6.45) is 0. The van der Waals surface area contributed by atoms with Gasteiger partial charge < -0.3 is 4.90 Å². The van der Waals surface area contributed by atoms with E-state index in [0.717, 1.165) is 5.69 Å². The van der Waals surface area contributed by atoms with Crippen LogP contribution < -0.4 is 16.2 Å². The molecule has 0 aliphatic carbocycles. The van der Waals surface area contributed by atoms with E-state index in [1.807, 2.05) is 42.3 Å². The van der Waals surface area contributed by atoms with Crippen LogP contribution in [0.25, 0.3) is 10.9 Å². The van der Waals surface area contributed by atoms with Crippen LogP contribution in [0.4, 0.5) is 23.1 Å². The summed E-state index contributed by atoms with van der Waals surface area (Å²) in [5, 5.41) is 11.6. The number of aromatic nitrogens is 2. The third kappa shape index (κ3) is 2.74. The Bertz CT molecular complexity index is 868. The summed E-state index contributed by atoms with van der Waals surface area (Å²) in [5.41, 5.74) is 3.86. The zero-order chi connectivity index (χ0) is 16.4. The van der Waals surface area contributed by atoms with E-state index in [4.69, 9.17) is 5.84 Å². The van der Waals surface area contributed by atoms with Crippen LogP contribution in [-0.4, -0.2) is 21.9 Å². The van der Waals surface area contributed by atoms with Crippen LogP contribution >= 0.6 is 0 Å². The van der Waals surface area contributed by atoms with Crippen LogP contribution in [0.15, 0.2) is 48.5 Å². The molecule has 8 nitrogen and oxygen atoms in total. The molecule has 1 heterocycles. The summed E-state index contributed by atoms with van der Waals surface area (Å²) < 4.78 is 0. The minimum Gasteiger partial charge on any atom is -0.329 e. The number of nitrogens with one attached hydrogen (secondary N) is 1. The van der Waals surface area contributed by atoms with E-state index >= 15 is 0 Å². The molecule has 0 radical (unpaired) electrons. The normalized spacial score (nSPS) is 10.5. The molecule has 8 heteroatoms. The van der Waals surface area contributed by atoms with Crippen LogP contribution in [-0.2, 0) is 0 Å². The fourth-order valence-corrected chi connectivity index (χ4v) is 2.31. The molecule has 0 aliphatic rings. The predicted octanol–water partition coefficient (Wildman–Crippen LogP) is 2.59.